The van der Waals surface area contributed by atoms with Crippen molar-refractivity contribution >= 4 is 0 Å². The maximum absolute atomic E-state index is 3.83. The lowest BCUT2D eigenvalue weighted by Crippen LogP contribution is -2.10. The van der Waals surface area contributed by atoms with Crippen molar-refractivity contribution in [2.75, 3.05) is 0 Å². The van der Waals surface area contributed by atoms with Crippen LogP contribution in [0.5, 0.6) is 0 Å². The highest BCUT2D eigenvalue weighted by Crippen LogP contribution is 2.28. The smallest absolute Gasteiger partial charge is 0.0206 e. The van der Waals surface area contributed by atoms with Crippen LogP contribution in [0, 0.1) is 29.6 Å². The quantitative estimate of drug-likeness (QED) is 0.0571. The summed E-state index contributed by atoms with van der Waals surface area (Å²) in [5, 5.41) is 0. The van der Waals surface area contributed by atoms with Gasteiger partial charge < -0.3 is 0 Å². The van der Waals surface area contributed by atoms with Crippen molar-refractivity contribution < 1.29 is 0 Å². The molecule has 4 atom stereocenters. The predicted octanol–water partition coefficient (Wildman–Crippen LogP) is 18.8. The van der Waals surface area contributed by atoms with E-state index in [0.717, 1.165) is 29.6 Å². The molecule has 48 heavy (non-hydrogen) atoms. The molecule has 0 saturated heterocycles. The molecule has 0 aromatic heterocycles. The molecular formula is C48H102. The van der Waals surface area contributed by atoms with Crippen molar-refractivity contribution in [3.63, 3.8) is 0 Å². The summed E-state index contributed by atoms with van der Waals surface area (Å²) in [5.41, 5.74) is 3.01. The summed E-state index contributed by atoms with van der Waals surface area (Å²) in [4.78, 5) is 0. The molecule has 0 amide bonds. The second-order valence-electron chi connectivity index (χ2n) is 15.0. The van der Waals surface area contributed by atoms with Crippen LogP contribution in [0.1, 0.15) is 258 Å². The monoisotopic (exact) mass is 679 g/mol. The maximum Gasteiger partial charge on any atom is -0.0206 e. The van der Waals surface area contributed by atoms with E-state index in [1.54, 1.807) is 5.57 Å². The minimum atomic E-state index is 0.761. The number of hydrogen-bond donors (Lipinski definition) is 0. The molecular weight excluding hydrogens is 577 g/mol. The summed E-state index contributed by atoms with van der Waals surface area (Å²) in [6.45, 7) is 39.1. The Bertz CT molecular complexity index is 581. The zero-order valence-electron chi connectivity index (χ0n) is 37.4. The lowest BCUT2D eigenvalue weighted by Gasteiger charge is -2.22. The Labute approximate surface area is 311 Å². The Morgan fingerprint density at radius 3 is 1.17 bits per heavy atom. The van der Waals surface area contributed by atoms with Crippen molar-refractivity contribution in [2.45, 2.75) is 258 Å². The van der Waals surface area contributed by atoms with Gasteiger partial charge in [0.2, 0.25) is 0 Å². The van der Waals surface area contributed by atoms with E-state index in [4.69, 9.17) is 0 Å². The Balaban J connectivity index is -0.000000372. The highest BCUT2D eigenvalue weighted by atomic mass is 14.2. The highest BCUT2D eigenvalue weighted by molar-refractivity contribution is 5.05. The summed E-state index contributed by atoms with van der Waals surface area (Å²) in [5.74, 6) is 4.26. The highest BCUT2D eigenvalue weighted by Gasteiger charge is 2.14. The second kappa shape index (κ2) is 48.6. The van der Waals surface area contributed by atoms with Crippen LogP contribution in [0.25, 0.3) is 0 Å². The molecule has 4 unspecified atom stereocenters. The van der Waals surface area contributed by atoms with Gasteiger partial charge in [-0.3, -0.25) is 0 Å². The van der Waals surface area contributed by atoms with Crippen molar-refractivity contribution in [1.82, 2.24) is 0 Å². The van der Waals surface area contributed by atoms with Crippen molar-refractivity contribution in [2.24, 2.45) is 29.6 Å². The van der Waals surface area contributed by atoms with E-state index in [9.17, 15) is 0 Å². The molecule has 0 heteroatoms. The molecule has 0 bridgehead atoms. The minimum absolute atomic E-state index is 0.761. The average molecular weight is 679 g/mol. The largest absolute Gasteiger partial charge is 0.100 e. The Kier molecular flexibility index (Phi) is 57.5. The molecule has 0 rings (SSSR count). The molecule has 0 aliphatic carbocycles. The Morgan fingerprint density at radius 2 is 0.854 bits per heavy atom. The van der Waals surface area contributed by atoms with Gasteiger partial charge in [-0.2, -0.15) is 0 Å². The van der Waals surface area contributed by atoms with E-state index in [1.165, 1.54) is 153 Å². The molecule has 0 aromatic carbocycles. The van der Waals surface area contributed by atoms with Gasteiger partial charge in [0.25, 0.3) is 0 Å². The first-order valence-electron chi connectivity index (χ1n) is 22.4. The summed E-state index contributed by atoms with van der Waals surface area (Å²) in [6, 6.07) is 0. The molecule has 0 nitrogen and oxygen atoms in total. The predicted molar refractivity (Wildman–Crippen MR) is 232 cm³/mol. The SMILES string of the molecule is C/C=C(/CCCC(C)CCCCCC(C)CCCCCCCCCCCCC)C(C)C(C)CC.C=C(C)CCC(C)C.CC.CC.CC. The molecule has 0 spiro atoms. The van der Waals surface area contributed by atoms with Gasteiger partial charge in [-0.15, -0.1) is 6.58 Å². The van der Waals surface area contributed by atoms with Crippen LogP contribution < -0.4 is 0 Å². The van der Waals surface area contributed by atoms with Gasteiger partial charge >= 0.3 is 0 Å². The first-order valence-corrected chi connectivity index (χ1v) is 22.4. The summed E-state index contributed by atoms with van der Waals surface area (Å²) in [6.07, 6.45) is 35.1. The molecule has 0 heterocycles. The lowest BCUT2D eigenvalue weighted by molar-refractivity contribution is 0.396. The van der Waals surface area contributed by atoms with Crippen LogP contribution in [0.15, 0.2) is 23.8 Å². The lowest BCUT2D eigenvalue weighted by atomic mass is 9.83. The van der Waals surface area contributed by atoms with Crippen LogP contribution in [-0.4, -0.2) is 0 Å². The number of allylic oxidation sites excluding steroid dienone is 3. The molecule has 0 aliphatic heterocycles. The zero-order chi connectivity index (χ0) is 38.0. The van der Waals surface area contributed by atoms with Gasteiger partial charge in [0.1, 0.15) is 0 Å². The number of rotatable bonds is 28. The Hall–Kier alpha value is -0.520. The van der Waals surface area contributed by atoms with Gasteiger partial charge in [0.05, 0.1) is 0 Å². The van der Waals surface area contributed by atoms with E-state index in [0.29, 0.717) is 0 Å². The molecule has 0 N–H and O–H groups in total. The fourth-order valence-electron chi connectivity index (χ4n) is 6.15. The fourth-order valence-corrected chi connectivity index (χ4v) is 6.15. The summed E-state index contributed by atoms with van der Waals surface area (Å²) >= 11 is 0. The van der Waals surface area contributed by atoms with Crippen LogP contribution in [0.3, 0.4) is 0 Å². The third kappa shape index (κ3) is 47.6. The third-order valence-electron chi connectivity index (χ3n) is 9.96. The topological polar surface area (TPSA) is 0 Å². The summed E-state index contributed by atoms with van der Waals surface area (Å²) in [7, 11) is 0. The number of hydrogen-bond acceptors (Lipinski definition) is 0. The van der Waals surface area contributed by atoms with Crippen LogP contribution in [0.4, 0.5) is 0 Å². The summed E-state index contributed by atoms with van der Waals surface area (Å²) < 4.78 is 0. The van der Waals surface area contributed by atoms with E-state index in [-0.39, 0.29) is 0 Å². The second-order valence-corrected chi connectivity index (χ2v) is 15.0. The van der Waals surface area contributed by atoms with Crippen molar-refractivity contribution in [1.29, 1.82) is 0 Å². The van der Waals surface area contributed by atoms with Crippen molar-refractivity contribution in [3.05, 3.63) is 23.8 Å². The van der Waals surface area contributed by atoms with Crippen molar-refractivity contribution in [3.8, 4) is 0 Å². The molecule has 0 saturated carbocycles. The first kappa shape index (κ1) is 56.8. The average Bonchev–Trinajstić information content (AvgIpc) is 3.10. The Morgan fingerprint density at radius 1 is 0.500 bits per heavy atom. The number of unbranched alkanes of at least 4 members (excludes halogenated alkanes) is 12. The van der Waals surface area contributed by atoms with Gasteiger partial charge in [0, 0.05) is 0 Å². The molecule has 0 aromatic rings. The molecule has 0 aliphatic rings. The third-order valence-corrected chi connectivity index (χ3v) is 9.96. The van der Waals surface area contributed by atoms with Gasteiger partial charge in [-0.05, 0) is 69.1 Å². The maximum atomic E-state index is 3.83. The van der Waals surface area contributed by atoms with E-state index in [2.05, 4.69) is 81.9 Å². The molecule has 0 radical (unpaired) electrons. The molecule has 294 valence electrons. The molecule has 0 fully saturated rings. The fraction of sp³-hybridized carbons (Fsp3) is 0.917. The normalized spacial score (nSPS) is 13.3. The van der Waals surface area contributed by atoms with Gasteiger partial charge in [-0.25, -0.2) is 0 Å². The van der Waals surface area contributed by atoms with Gasteiger partial charge in [0.15, 0.2) is 0 Å². The van der Waals surface area contributed by atoms with E-state index < -0.39 is 0 Å². The van der Waals surface area contributed by atoms with Crippen LogP contribution >= 0.6 is 0 Å². The first-order chi connectivity index (χ1) is 23.1. The standard InChI is InChI=1S/C34H68.C8H16.3C2H6/c1-8-11-12-13-14-15-16-17-18-19-21-25-30(4)26-22-20-23-27-31(5)28-24-29-34(10-3)33(7)32(6)9-2;1-7(2)5-6-8(3)4;3*1-2/h10,30-33H,8-9,11-29H2,1-7H3;8H,1,5-6H2,2-4H3;3*1-2H3/b34-10-;;;;. The van der Waals surface area contributed by atoms with Crippen LogP contribution in [-0.2, 0) is 0 Å². The van der Waals surface area contributed by atoms with Gasteiger partial charge in [-0.1, -0.05) is 236 Å². The van der Waals surface area contributed by atoms with E-state index >= 15 is 0 Å². The minimum Gasteiger partial charge on any atom is -0.100 e. The van der Waals surface area contributed by atoms with E-state index in [1.807, 2.05) is 41.5 Å². The van der Waals surface area contributed by atoms with Crippen LogP contribution in [0.2, 0.25) is 0 Å². The zero-order valence-corrected chi connectivity index (χ0v) is 37.4.